The first-order chi connectivity index (χ1) is 10.2. The molecule has 0 bridgehead atoms. The van der Waals surface area contributed by atoms with Crippen LogP contribution in [0.3, 0.4) is 0 Å². The zero-order chi connectivity index (χ0) is 15.1. The Morgan fingerprint density at radius 2 is 1.81 bits per heavy atom. The lowest BCUT2D eigenvalue weighted by Gasteiger charge is -2.06. The van der Waals surface area contributed by atoms with E-state index in [4.69, 9.17) is 10.3 Å². The van der Waals surface area contributed by atoms with Gasteiger partial charge >= 0.3 is 0 Å². The Morgan fingerprint density at radius 3 is 2.38 bits per heavy atom. The lowest BCUT2D eigenvalue weighted by Crippen LogP contribution is -2.05. The van der Waals surface area contributed by atoms with Crippen molar-refractivity contribution in [1.29, 1.82) is 0 Å². The second-order valence-electron chi connectivity index (χ2n) is 4.19. The molecule has 0 amide bonds. The van der Waals surface area contributed by atoms with E-state index >= 15 is 0 Å². The number of carbonyl (C=O) groups is 1. The summed E-state index contributed by atoms with van der Waals surface area (Å²) >= 11 is 0. The van der Waals surface area contributed by atoms with E-state index in [1.165, 1.54) is 7.11 Å². The Balaban J connectivity index is 2.28. The van der Waals surface area contributed by atoms with Gasteiger partial charge in [-0.1, -0.05) is 59.7 Å². The van der Waals surface area contributed by atoms with E-state index in [1.807, 2.05) is 30.3 Å². The molecule has 0 saturated carbocycles. The Morgan fingerprint density at radius 1 is 1.14 bits per heavy atom. The van der Waals surface area contributed by atoms with E-state index in [0.717, 1.165) is 5.56 Å². The van der Waals surface area contributed by atoms with Crippen LogP contribution in [0.25, 0.3) is 16.5 Å². The first kappa shape index (κ1) is 14.4. The summed E-state index contributed by atoms with van der Waals surface area (Å²) < 4.78 is 5.18. The number of azide groups is 1. The highest BCUT2D eigenvalue weighted by Gasteiger charge is 2.12. The molecule has 0 radical (unpaired) electrons. The van der Waals surface area contributed by atoms with E-state index in [2.05, 4.69) is 10.0 Å². The first-order valence-corrected chi connectivity index (χ1v) is 6.25. The molecule has 2 aromatic rings. The number of allylic oxidation sites excluding steroid dienone is 1. The molecule has 0 saturated heterocycles. The van der Waals surface area contributed by atoms with E-state index in [9.17, 15) is 4.79 Å². The van der Waals surface area contributed by atoms with Crippen LogP contribution in [0.15, 0.2) is 65.5 Å². The van der Waals surface area contributed by atoms with Crippen molar-refractivity contribution >= 4 is 17.5 Å². The lowest BCUT2D eigenvalue weighted by molar-refractivity contribution is 0.0957. The van der Waals surface area contributed by atoms with Gasteiger partial charge in [-0.05, 0) is 17.2 Å². The minimum Gasteiger partial charge on any atom is -0.493 e. The van der Waals surface area contributed by atoms with Crippen molar-refractivity contribution in [2.45, 2.75) is 0 Å². The number of methoxy groups -OCH3 is 1. The molecule has 5 heteroatoms. The first-order valence-electron chi connectivity index (χ1n) is 6.25. The maximum atomic E-state index is 12.4. The third kappa shape index (κ3) is 3.72. The molecule has 0 aliphatic rings. The molecular weight excluding hydrogens is 266 g/mol. The molecular formula is C16H13N3O2. The van der Waals surface area contributed by atoms with Gasteiger partial charge in [0.2, 0.25) is 5.78 Å². The summed E-state index contributed by atoms with van der Waals surface area (Å²) in [5.74, 6) is 0.0200. The molecule has 2 rings (SSSR count). The van der Waals surface area contributed by atoms with Crippen LogP contribution in [0, 0.1) is 0 Å². The van der Waals surface area contributed by atoms with Gasteiger partial charge in [-0.25, -0.2) is 0 Å². The number of carbonyl (C=O) groups excluding carboxylic acids is 1. The monoisotopic (exact) mass is 279 g/mol. The third-order valence-electron chi connectivity index (χ3n) is 2.83. The number of rotatable bonds is 5. The van der Waals surface area contributed by atoms with Crippen molar-refractivity contribution in [3.8, 4) is 0 Å². The summed E-state index contributed by atoms with van der Waals surface area (Å²) in [6.45, 7) is 0. The second kappa shape index (κ2) is 6.93. The Kier molecular flexibility index (Phi) is 4.75. The molecule has 0 unspecified atom stereocenters. The summed E-state index contributed by atoms with van der Waals surface area (Å²) in [7, 11) is 1.46. The molecule has 0 N–H and O–H groups in total. The van der Waals surface area contributed by atoms with Crippen LogP contribution in [0.4, 0.5) is 5.69 Å². The van der Waals surface area contributed by atoms with Crippen molar-refractivity contribution in [3.05, 3.63) is 81.9 Å². The van der Waals surface area contributed by atoms with E-state index in [1.54, 1.807) is 30.3 Å². The number of ether oxygens (including phenoxy) is 1. The summed E-state index contributed by atoms with van der Waals surface area (Å²) in [5, 5.41) is 3.46. The fourth-order valence-corrected chi connectivity index (χ4v) is 1.79. The zero-order valence-electron chi connectivity index (χ0n) is 11.4. The molecule has 0 aliphatic heterocycles. The summed E-state index contributed by atoms with van der Waals surface area (Å²) in [5.41, 5.74) is 10.2. The predicted octanol–water partition coefficient (Wildman–Crippen LogP) is 4.50. The molecule has 2 aromatic carbocycles. The van der Waals surface area contributed by atoms with Gasteiger partial charge in [0.15, 0.2) is 5.76 Å². The molecule has 21 heavy (non-hydrogen) atoms. The molecule has 0 aromatic heterocycles. The quantitative estimate of drug-likeness (QED) is 0.202. The van der Waals surface area contributed by atoms with E-state index in [0.29, 0.717) is 11.3 Å². The molecule has 104 valence electrons. The smallest absolute Gasteiger partial charge is 0.227 e. The highest BCUT2D eigenvalue weighted by Crippen LogP contribution is 2.17. The topological polar surface area (TPSA) is 75.1 Å². The number of nitrogens with zero attached hydrogens (tertiary/aromatic N) is 3. The van der Waals surface area contributed by atoms with Gasteiger partial charge in [0.1, 0.15) is 0 Å². The Hall–Kier alpha value is -3.04. The molecule has 0 aliphatic carbocycles. The number of hydrogen-bond acceptors (Lipinski definition) is 3. The summed E-state index contributed by atoms with van der Waals surface area (Å²) in [6, 6.07) is 15.8. The average Bonchev–Trinajstić information content (AvgIpc) is 2.54. The van der Waals surface area contributed by atoms with Crippen molar-refractivity contribution < 1.29 is 9.53 Å². The lowest BCUT2D eigenvalue weighted by atomic mass is 10.1. The van der Waals surface area contributed by atoms with Gasteiger partial charge in [0.25, 0.3) is 0 Å². The number of benzene rings is 2. The van der Waals surface area contributed by atoms with Gasteiger partial charge in [-0.15, -0.1) is 0 Å². The molecule has 0 heterocycles. The number of Topliss-reactive ketones (excluding diaryl/α,β-unsaturated/α-hetero) is 1. The van der Waals surface area contributed by atoms with Crippen molar-refractivity contribution in [2.24, 2.45) is 5.11 Å². The zero-order valence-corrected chi connectivity index (χ0v) is 11.4. The minimum atomic E-state index is -0.228. The summed E-state index contributed by atoms with van der Waals surface area (Å²) in [4.78, 5) is 15.0. The van der Waals surface area contributed by atoms with Crippen molar-refractivity contribution in [1.82, 2.24) is 0 Å². The third-order valence-corrected chi connectivity index (χ3v) is 2.83. The Labute approximate surface area is 122 Å². The maximum absolute atomic E-state index is 12.4. The number of hydrogen-bond donors (Lipinski definition) is 0. The highest BCUT2D eigenvalue weighted by molar-refractivity contribution is 6.09. The maximum Gasteiger partial charge on any atom is 0.227 e. The fourth-order valence-electron chi connectivity index (χ4n) is 1.79. The van der Waals surface area contributed by atoms with Crippen LogP contribution in [-0.2, 0) is 4.74 Å². The minimum absolute atomic E-state index is 0.228. The van der Waals surface area contributed by atoms with Crippen LogP contribution in [0.5, 0.6) is 0 Å². The van der Waals surface area contributed by atoms with Gasteiger partial charge in [0, 0.05) is 16.2 Å². The van der Waals surface area contributed by atoms with Crippen LogP contribution in [-0.4, -0.2) is 12.9 Å². The van der Waals surface area contributed by atoms with Crippen molar-refractivity contribution in [3.63, 3.8) is 0 Å². The van der Waals surface area contributed by atoms with Crippen molar-refractivity contribution in [2.75, 3.05) is 7.11 Å². The molecule has 0 fully saturated rings. The van der Waals surface area contributed by atoms with Crippen LogP contribution in [0.2, 0.25) is 0 Å². The van der Waals surface area contributed by atoms with Gasteiger partial charge in [-0.2, -0.15) is 0 Å². The normalized spacial score (nSPS) is 10.6. The van der Waals surface area contributed by atoms with Crippen LogP contribution in [0.1, 0.15) is 15.9 Å². The van der Waals surface area contributed by atoms with Crippen LogP contribution >= 0.6 is 0 Å². The fraction of sp³-hybridized carbons (Fsp3) is 0.0625. The van der Waals surface area contributed by atoms with E-state index in [-0.39, 0.29) is 11.5 Å². The van der Waals surface area contributed by atoms with Crippen LogP contribution < -0.4 is 0 Å². The van der Waals surface area contributed by atoms with Gasteiger partial charge in [-0.3, -0.25) is 4.79 Å². The summed E-state index contributed by atoms with van der Waals surface area (Å²) in [6.07, 6.45) is 1.68. The van der Waals surface area contributed by atoms with E-state index < -0.39 is 0 Å². The SMILES string of the molecule is COC(=Cc1ccccc1)C(=O)c1ccc(N=[N+]=[N-])cc1. The standard InChI is InChI=1S/C16H13N3O2/c1-21-15(11-12-5-3-2-4-6-12)16(20)13-7-9-14(10-8-13)18-19-17/h2-11H,1H3. The highest BCUT2D eigenvalue weighted by atomic mass is 16.5. The molecule has 5 nitrogen and oxygen atoms in total. The largest absolute Gasteiger partial charge is 0.493 e. The van der Waals surface area contributed by atoms with Gasteiger partial charge < -0.3 is 4.74 Å². The van der Waals surface area contributed by atoms with Gasteiger partial charge in [0.05, 0.1) is 7.11 Å². The second-order valence-corrected chi connectivity index (χ2v) is 4.19. The average molecular weight is 279 g/mol. The Bertz CT molecular complexity index is 700. The molecule has 0 spiro atoms. The predicted molar refractivity (Wildman–Crippen MR) is 81.0 cm³/mol. The molecule has 0 atom stereocenters. The number of ketones is 1.